The van der Waals surface area contributed by atoms with E-state index in [1.807, 2.05) is 20.8 Å². The minimum absolute atomic E-state index is 0.152. The van der Waals surface area contributed by atoms with Gasteiger partial charge in [0.2, 0.25) is 5.91 Å². The highest BCUT2D eigenvalue weighted by Crippen LogP contribution is 2.25. The molecule has 1 rings (SSSR count). The third kappa shape index (κ3) is 3.61. The molecule has 2 unspecified atom stereocenters. The first kappa shape index (κ1) is 14.3. The number of amides is 1. The van der Waals surface area contributed by atoms with E-state index >= 15 is 0 Å². The van der Waals surface area contributed by atoms with E-state index in [1.54, 1.807) is 0 Å². The summed E-state index contributed by atoms with van der Waals surface area (Å²) in [6.07, 6.45) is 0.202. The first-order chi connectivity index (χ1) is 7.73. The topological polar surface area (TPSA) is 83.6 Å². The highest BCUT2D eigenvalue weighted by molar-refractivity contribution is 7.99. The summed E-state index contributed by atoms with van der Waals surface area (Å²) >= 11 is 1.46. The van der Waals surface area contributed by atoms with E-state index in [1.165, 1.54) is 16.7 Å². The second kappa shape index (κ2) is 5.27. The van der Waals surface area contributed by atoms with E-state index in [0.717, 1.165) is 0 Å². The summed E-state index contributed by atoms with van der Waals surface area (Å²) in [7, 11) is 0. The molecule has 3 N–H and O–H groups in total. The number of hydrogen-bond acceptors (Lipinski definition) is 4. The zero-order chi connectivity index (χ0) is 13.2. The molecule has 0 spiro atoms. The summed E-state index contributed by atoms with van der Waals surface area (Å²) in [5.41, 5.74) is 5.79. The predicted molar refractivity (Wildman–Crippen MR) is 67.6 cm³/mol. The SMILES string of the molecule is CC(C)(C)C(N)CC(=O)N1CSCC1C(=O)O. The minimum Gasteiger partial charge on any atom is -0.480 e. The maximum Gasteiger partial charge on any atom is 0.327 e. The predicted octanol–water partition coefficient (Wildman–Crippen LogP) is 0.736. The van der Waals surface area contributed by atoms with Crippen LogP contribution in [0.1, 0.15) is 27.2 Å². The van der Waals surface area contributed by atoms with Crippen LogP contribution in [0.5, 0.6) is 0 Å². The van der Waals surface area contributed by atoms with Crippen LogP contribution in [-0.2, 0) is 9.59 Å². The van der Waals surface area contributed by atoms with Gasteiger partial charge in [-0.15, -0.1) is 11.8 Å². The molecule has 0 radical (unpaired) electrons. The summed E-state index contributed by atoms with van der Waals surface area (Å²) in [4.78, 5) is 24.4. The normalized spacial score (nSPS) is 22.6. The minimum atomic E-state index is -0.937. The van der Waals surface area contributed by atoms with Crippen LogP contribution in [0.25, 0.3) is 0 Å². The van der Waals surface area contributed by atoms with Crippen molar-refractivity contribution in [1.82, 2.24) is 4.90 Å². The first-order valence-corrected chi connectivity index (χ1v) is 6.74. The lowest BCUT2D eigenvalue weighted by molar-refractivity contribution is -0.148. The average Bonchev–Trinajstić information content (AvgIpc) is 2.63. The van der Waals surface area contributed by atoms with Gasteiger partial charge in [-0.1, -0.05) is 20.8 Å². The fraction of sp³-hybridized carbons (Fsp3) is 0.818. The molecule has 1 heterocycles. The number of thioether (sulfide) groups is 1. The smallest absolute Gasteiger partial charge is 0.327 e. The maximum absolute atomic E-state index is 12.0. The molecule has 0 aromatic rings. The van der Waals surface area contributed by atoms with Crippen LogP contribution in [0, 0.1) is 5.41 Å². The number of nitrogens with zero attached hydrogens (tertiary/aromatic N) is 1. The highest BCUT2D eigenvalue weighted by Gasteiger charge is 2.36. The number of carboxylic acid groups (broad SMARTS) is 1. The molecule has 1 aliphatic heterocycles. The Morgan fingerprint density at radius 3 is 2.59 bits per heavy atom. The fourth-order valence-electron chi connectivity index (χ4n) is 1.50. The molecule has 0 aromatic carbocycles. The summed E-state index contributed by atoms with van der Waals surface area (Å²) in [6, 6.07) is -0.949. The summed E-state index contributed by atoms with van der Waals surface area (Å²) < 4.78 is 0. The number of hydrogen-bond donors (Lipinski definition) is 2. The Balaban J connectivity index is 2.61. The van der Waals surface area contributed by atoms with Gasteiger partial charge in [0.25, 0.3) is 0 Å². The molecule has 5 nitrogen and oxygen atoms in total. The van der Waals surface area contributed by atoms with E-state index in [9.17, 15) is 9.59 Å². The Labute approximate surface area is 106 Å². The van der Waals surface area contributed by atoms with Crippen LogP contribution < -0.4 is 5.73 Å². The van der Waals surface area contributed by atoms with Crippen molar-refractivity contribution in [2.24, 2.45) is 11.1 Å². The van der Waals surface area contributed by atoms with Gasteiger partial charge in [-0.3, -0.25) is 4.79 Å². The van der Waals surface area contributed by atoms with E-state index in [-0.39, 0.29) is 23.8 Å². The van der Waals surface area contributed by atoms with Gasteiger partial charge in [0.05, 0.1) is 5.88 Å². The zero-order valence-corrected chi connectivity index (χ0v) is 11.3. The van der Waals surface area contributed by atoms with Gasteiger partial charge >= 0.3 is 5.97 Å². The van der Waals surface area contributed by atoms with Crippen molar-refractivity contribution in [3.63, 3.8) is 0 Å². The molecule has 0 bridgehead atoms. The van der Waals surface area contributed by atoms with Crippen LogP contribution in [0.2, 0.25) is 0 Å². The number of aliphatic carboxylic acids is 1. The van der Waals surface area contributed by atoms with Crippen LogP contribution >= 0.6 is 11.8 Å². The van der Waals surface area contributed by atoms with E-state index in [2.05, 4.69) is 0 Å². The quantitative estimate of drug-likeness (QED) is 0.782. The zero-order valence-electron chi connectivity index (χ0n) is 10.5. The van der Waals surface area contributed by atoms with Crippen LogP contribution in [0.15, 0.2) is 0 Å². The lowest BCUT2D eigenvalue weighted by Gasteiger charge is -2.29. The van der Waals surface area contributed by atoms with Crippen molar-refractivity contribution in [1.29, 1.82) is 0 Å². The Kier molecular flexibility index (Phi) is 4.43. The molecule has 17 heavy (non-hydrogen) atoms. The van der Waals surface area contributed by atoms with Gasteiger partial charge in [0, 0.05) is 18.2 Å². The van der Waals surface area contributed by atoms with Crippen molar-refractivity contribution in [2.75, 3.05) is 11.6 Å². The fourth-order valence-corrected chi connectivity index (χ4v) is 2.68. The van der Waals surface area contributed by atoms with Gasteiger partial charge in [0.1, 0.15) is 6.04 Å². The molecule has 0 aromatic heterocycles. The van der Waals surface area contributed by atoms with E-state index in [4.69, 9.17) is 10.8 Å². The number of carboxylic acids is 1. The largest absolute Gasteiger partial charge is 0.480 e. The molecule has 0 aliphatic carbocycles. The molecule has 1 fully saturated rings. The summed E-state index contributed by atoms with van der Waals surface area (Å²) in [6.45, 7) is 5.91. The Morgan fingerprint density at radius 1 is 1.53 bits per heavy atom. The van der Waals surface area contributed by atoms with Gasteiger partial charge in [0.15, 0.2) is 0 Å². The molecule has 1 saturated heterocycles. The number of nitrogens with two attached hydrogens (primary N) is 1. The molecule has 1 aliphatic rings. The Hall–Kier alpha value is -0.750. The first-order valence-electron chi connectivity index (χ1n) is 5.59. The van der Waals surface area contributed by atoms with E-state index < -0.39 is 12.0 Å². The van der Waals surface area contributed by atoms with Crippen LogP contribution in [-0.4, -0.2) is 45.6 Å². The molecule has 2 atom stereocenters. The third-order valence-electron chi connectivity index (χ3n) is 2.99. The van der Waals surface area contributed by atoms with Crippen LogP contribution in [0.3, 0.4) is 0 Å². The number of rotatable bonds is 3. The van der Waals surface area contributed by atoms with Crippen molar-refractivity contribution >= 4 is 23.6 Å². The van der Waals surface area contributed by atoms with Crippen LogP contribution in [0.4, 0.5) is 0 Å². The number of carbonyl (C=O) groups excluding carboxylic acids is 1. The average molecular weight is 260 g/mol. The van der Waals surface area contributed by atoms with Crippen molar-refractivity contribution in [2.45, 2.75) is 39.3 Å². The van der Waals surface area contributed by atoms with Crippen molar-refractivity contribution in [3.8, 4) is 0 Å². The molecule has 6 heteroatoms. The summed E-state index contributed by atoms with van der Waals surface area (Å²) in [5.74, 6) is -0.184. The van der Waals surface area contributed by atoms with Crippen molar-refractivity contribution in [3.05, 3.63) is 0 Å². The van der Waals surface area contributed by atoms with Gasteiger partial charge in [-0.05, 0) is 5.41 Å². The lowest BCUT2D eigenvalue weighted by atomic mass is 9.85. The standard InChI is InChI=1S/C11H20N2O3S/c1-11(2,3)8(12)4-9(14)13-6-17-5-7(13)10(15)16/h7-8H,4-6,12H2,1-3H3,(H,15,16). The Morgan fingerprint density at radius 2 is 2.12 bits per heavy atom. The second-order valence-electron chi connectivity index (χ2n) is 5.39. The van der Waals surface area contributed by atoms with Gasteiger partial charge in [-0.25, -0.2) is 4.79 Å². The number of carbonyl (C=O) groups is 2. The molecule has 98 valence electrons. The third-order valence-corrected chi connectivity index (χ3v) is 4.01. The Bertz CT molecular complexity index is 314. The molecule has 1 amide bonds. The van der Waals surface area contributed by atoms with Crippen molar-refractivity contribution < 1.29 is 14.7 Å². The highest BCUT2D eigenvalue weighted by atomic mass is 32.2. The maximum atomic E-state index is 12.0. The monoisotopic (exact) mass is 260 g/mol. The lowest BCUT2D eigenvalue weighted by Crippen LogP contribution is -2.46. The van der Waals surface area contributed by atoms with E-state index in [0.29, 0.717) is 11.6 Å². The second-order valence-corrected chi connectivity index (χ2v) is 6.39. The molecule has 0 saturated carbocycles. The molecular formula is C11H20N2O3S. The molecular weight excluding hydrogens is 240 g/mol. The van der Waals surface area contributed by atoms with Gasteiger partial charge < -0.3 is 15.7 Å². The summed E-state index contributed by atoms with van der Waals surface area (Å²) in [5, 5.41) is 8.99. The van der Waals surface area contributed by atoms with Gasteiger partial charge in [-0.2, -0.15) is 0 Å².